The fraction of sp³-hybridized carbons (Fsp3) is 0.750. The van der Waals surface area contributed by atoms with Gasteiger partial charge in [-0.05, 0) is 12.7 Å². The summed E-state index contributed by atoms with van der Waals surface area (Å²) in [4.78, 5) is 22.7. The minimum absolute atomic E-state index is 0.0600. The molecule has 0 radical (unpaired) electrons. The molecule has 1 heterocycles. The highest BCUT2D eigenvalue weighted by atomic mass is 16.2. The van der Waals surface area contributed by atoms with E-state index < -0.39 is 18.6 Å². The molecule has 1 rings (SSSR count). The molecule has 4 N–H and O–H groups in total. The lowest BCUT2D eigenvalue weighted by Gasteiger charge is -2.30. The van der Waals surface area contributed by atoms with Crippen LogP contribution in [-0.4, -0.2) is 36.1 Å². The van der Waals surface area contributed by atoms with Gasteiger partial charge in [0.2, 0.25) is 0 Å². The van der Waals surface area contributed by atoms with Crippen molar-refractivity contribution in [2.24, 2.45) is 5.92 Å². The van der Waals surface area contributed by atoms with E-state index in [9.17, 15) is 9.59 Å². The normalized spacial score (nSPS) is 25.4. The maximum absolute atomic E-state index is 11.6. The van der Waals surface area contributed by atoms with Gasteiger partial charge in [0.25, 0.3) is 5.91 Å². The van der Waals surface area contributed by atoms with Crippen LogP contribution in [0.15, 0.2) is 0 Å². The summed E-state index contributed by atoms with van der Waals surface area (Å²) in [5.74, 6) is -0.411. The number of imide groups is 1. The molecule has 0 spiro atoms. The fourth-order valence-corrected chi connectivity index (χ4v) is 1.55. The second-order valence-corrected chi connectivity index (χ2v) is 4.09. The molecule has 3 amide bonds. The van der Waals surface area contributed by atoms with E-state index in [-0.39, 0.29) is 18.4 Å². The van der Waals surface area contributed by atoms with Crippen LogP contribution in [0.3, 0.4) is 0 Å². The van der Waals surface area contributed by atoms with Gasteiger partial charge < -0.3 is 15.6 Å². The van der Waals surface area contributed by atoms with E-state index >= 15 is 0 Å². The van der Waals surface area contributed by atoms with Gasteiger partial charge in [0.1, 0.15) is 5.54 Å². The second kappa shape index (κ2) is 4.20. The predicted molar refractivity (Wildman–Crippen MR) is 56.1 cm³/mol. The zero-order chi connectivity index (χ0) is 11.6. The van der Waals surface area contributed by atoms with Crippen LogP contribution in [0.5, 0.6) is 0 Å². The van der Waals surface area contributed by atoms with Gasteiger partial charge in [0, 0.05) is 6.54 Å². The van der Waals surface area contributed by atoms with Gasteiger partial charge in [-0.25, -0.2) is 4.79 Å². The van der Waals surface area contributed by atoms with Gasteiger partial charge in [0.15, 0.2) is 0 Å². The summed E-state index contributed by atoms with van der Waals surface area (Å²) < 4.78 is 0. The number of urea groups is 1. The van der Waals surface area contributed by atoms with Crippen molar-refractivity contribution in [3.8, 4) is 0 Å². The van der Waals surface area contributed by atoms with Gasteiger partial charge >= 0.3 is 13.1 Å². The molecule has 1 atom stereocenters. The van der Waals surface area contributed by atoms with Crippen LogP contribution in [0.1, 0.15) is 13.8 Å². The molecule has 15 heavy (non-hydrogen) atoms. The topological polar surface area (TPSA) is 90.5 Å². The van der Waals surface area contributed by atoms with Gasteiger partial charge in [-0.3, -0.25) is 10.1 Å². The largest absolute Gasteiger partial charge is 0.437 e. The fourth-order valence-electron chi connectivity index (χ4n) is 1.55. The van der Waals surface area contributed by atoms with E-state index in [1.165, 1.54) is 0 Å². The lowest BCUT2D eigenvalue weighted by Crippen LogP contribution is -2.59. The highest BCUT2D eigenvalue weighted by Crippen LogP contribution is 2.20. The Morgan fingerprint density at radius 2 is 2.13 bits per heavy atom. The van der Waals surface area contributed by atoms with Crippen molar-refractivity contribution in [3.05, 3.63) is 0 Å². The van der Waals surface area contributed by atoms with Crippen LogP contribution < -0.4 is 15.9 Å². The Morgan fingerprint density at radius 1 is 1.53 bits per heavy atom. The molecule has 0 aromatic heterocycles. The Labute approximate surface area is 88.9 Å². The highest BCUT2D eigenvalue weighted by molar-refractivity contribution is 6.45. The van der Waals surface area contributed by atoms with Crippen molar-refractivity contribution in [1.29, 1.82) is 0 Å². The summed E-state index contributed by atoms with van der Waals surface area (Å²) in [6.45, 7) is 5.45. The third-order valence-corrected chi connectivity index (χ3v) is 2.63. The third-order valence-electron chi connectivity index (χ3n) is 2.63. The number of carbonyl (C=O) groups excluding carboxylic acids is 2. The van der Waals surface area contributed by atoms with Gasteiger partial charge in [-0.2, -0.15) is 0 Å². The van der Waals surface area contributed by atoms with E-state index in [2.05, 4.69) is 15.9 Å². The molecule has 0 aromatic carbocycles. The Bertz CT molecular complexity index is 282. The maximum atomic E-state index is 11.6. The quantitative estimate of drug-likeness (QED) is 0.353. The van der Waals surface area contributed by atoms with E-state index in [1.807, 2.05) is 13.8 Å². The van der Waals surface area contributed by atoms with E-state index in [0.717, 1.165) is 0 Å². The summed E-state index contributed by atoms with van der Waals surface area (Å²) in [6.07, 6.45) is 0. The molecule has 1 aliphatic heterocycles. The molecular formula is C8H16BN3O3. The first kappa shape index (κ1) is 12.0. The standard InChI is InChI=1S/C8H16BN3O3/c1-5(2)8(4-10-9(3)15)6(13)11-7(14)12-8/h5,10,15H,4H2,1-3H3,(H2,11,12,13,14). The van der Waals surface area contributed by atoms with Gasteiger partial charge in [-0.15, -0.1) is 0 Å². The molecule has 7 heteroatoms. The molecule has 0 bridgehead atoms. The smallest absolute Gasteiger partial charge is 0.373 e. The summed E-state index contributed by atoms with van der Waals surface area (Å²) in [5, 5.41) is 16.6. The predicted octanol–water partition coefficient (Wildman–Crippen LogP) is -1.08. The Morgan fingerprint density at radius 3 is 2.47 bits per heavy atom. The minimum atomic E-state index is -0.964. The van der Waals surface area contributed by atoms with Crippen molar-refractivity contribution >= 4 is 19.0 Å². The average molecular weight is 213 g/mol. The zero-order valence-corrected chi connectivity index (χ0v) is 9.13. The van der Waals surface area contributed by atoms with Crippen LogP contribution in [0.2, 0.25) is 6.82 Å². The zero-order valence-electron chi connectivity index (χ0n) is 9.13. The van der Waals surface area contributed by atoms with Crippen molar-refractivity contribution in [2.75, 3.05) is 6.54 Å². The lowest BCUT2D eigenvalue weighted by molar-refractivity contribution is -0.125. The number of rotatable bonds is 4. The first-order valence-electron chi connectivity index (χ1n) is 4.93. The molecule has 1 unspecified atom stereocenters. The summed E-state index contributed by atoms with van der Waals surface area (Å²) in [5.41, 5.74) is -0.964. The number of carbonyl (C=O) groups is 2. The van der Waals surface area contributed by atoms with Gasteiger partial charge in [-0.1, -0.05) is 13.8 Å². The SMILES string of the molecule is CB(O)NCC1(C(C)C)NC(=O)NC1=O. The molecular weight excluding hydrogens is 197 g/mol. The Hall–Kier alpha value is -1.08. The molecule has 6 nitrogen and oxygen atoms in total. The van der Waals surface area contributed by atoms with E-state index in [4.69, 9.17) is 5.02 Å². The monoisotopic (exact) mass is 213 g/mol. The van der Waals surface area contributed by atoms with E-state index in [0.29, 0.717) is 0 Å². The third kappa shape index (κ3) is 2.30. The maximum Gasteiger partial charge on any atom is 0.373 e. The molecule has 0 aromatic rings. The molecule has 0 aliphatic carbocycles. The summed E-state index contributed by atoms with van der Waals surface area (Å²) >= 11 is 0. The van der Waals surface area contributed by atoms with Crippen LogP contribution in [0.4, 0.5) is 4.79 Å². The second-order valence-electron chi connectivity index (χ2n) is 4.09. The molecule has 0 saturated carbocycles. The van der Waals surface area contributed by atoms with E-state index in [1.54, 1.807) is 6.82 Å². The van der Waals surface area contributed by atoms with Crippen molar-refractivity contribution in [1.82, 2.24) is 15.9 Å². The molecule has 1 aliphatic rings. The van der Waals surface area contributed by atoms with Gasteiger partial charge in [0.05, 0.1) is 0 Å². The summed E-state index contributed by atoms with van der Waals surface area (Å²) in [6, 6.07) is -0.485. The number of amides is 3. The highest BCUT2D eigenvalue weighted by Gasteiger charge is 2.48. The van der Waals surface area contributed by atoms with Crippen molar-refractivity contribution in [3.63, 3.8) is 0 Å². The molecule has 1 saturated heterocycles. The number of hydrogen-bond acceptors (Lipinski definition) is 4. The summed E-state index contributed by atoms with van der Waals surface area (Å²) in [7, 11) is -0.717. The van der Waals surface area contributed by atoms with Crippen molar-refractivity contribution < 1.29 is 14.6 Å². The van der Waals surface area contributed by atoms with Crippen LogP contribution in [0.25, 0.3) is 0 Å². The minimum Gasteiger partial charge on any atom is -0.437 e. The Balaban J connectivity index is 2.80. The molecule has 84 valence electrons. The van der Waals surface area contributed by atoms with Crippen LogP contribution in [-0.2, 0) is 4.79 Å². The first-order chi connectivity index (χ1) is 6.88. The van der Waals surface area contributed by atoms with Crippen molar-refractivity contribution in [2.45, 2.75) is 26.2 Å². The average Bonchev–Trinajstić information content (AvgIpc) is 2.38. The Kier molecular flexibility index (Phi) is 3.36. The van der Waals surface area contributed by atoms with Crippen LogP contribution >= 0.6 is 0 Å². The molecule has 1 fully saturated rings. The number of hydrogen-bond donors (Lipinski definition) is 4. The first-order valence-corrected chi connectivity index (χ1v) is 4.93. The number of nitrogens with one attached hydrogen (secondary N) is 3. The van der Waals surface area contributed by atoms with Crippen LogP contribution in [0, 0.1) is 5.92 Å². The lowest BCUT2D eigenvalue weighted by atomic mass is 9.82.